The number of carbonyl (C=O) groups excluding carboxylic acids is 1. The van der Waals surface area contributed by atoms with Gasteiger partial charge in [0.15, 0.2) is 0 Å². The van der Waals surface area contributed by atoms with E-state index in [9.17, 15) is 4.79 Å². The van der Waals surface area contributed by atoms with E-state index in [4.69, 9.17) is 5.73 Å². The van der Waals surface area contributed by atoms with Crippen LogP contribution in [0.25, 0.3) is 10.9 Å². The Bertz CT molecular complexity index is 754. The molecule has 24 heavy (non-hydrogen) atoms. The number of hydrogen-bond donors (Lipinski definition) is 2. The van der Waals surface area contributed by atoms with Crippen molar-refractivity contribution in [1.82, 2.24) is 15.2 Å². The Balaban J connectivity index is 1.48. The second kappa shape index (κ2) is 6.40. The zero-order valence-corrected chi connectivity index (χ0v) is 13.9. The van der Waals surface area contributed by atoms with E-state index in [2.05, 4.69) is 15.2 Å². The molecule has 2 fully saturated rings. The number of nitrogen functional groups attached to an aromatic ring is 1. The number of hydrogen-bond acceptors (Lipinski definition) is 4. The van der Waals surface area contributed by atoms with E-state index in [0.717, 1.165) is 30.9 Å². The number of pyridine rings is 1. The van der Waals surface area contributed by atoms with Gasteiger partial charge in [-0.15, -0.1) is 0 Å². The third-order valence-electron chi connectivity index (χ3n) is 5.44. The van der Waals surface area contributed by atoms with Crippen molar-refractivity contribution < 1.29 is 4.79 Å². The minimum Gasteiger partial charge on any atom is -0.397 e. The smallest absolute Gasteiger partial charge is 0.252 e. The fourth-order valence-electron chi connectivity index (χ4n) is 4.17. The number of rotatable bonds is 3. The predicted molar refractivity (Wildman–Crippen MR) is 95.9 cm³/mol. The van der Waals surface area contributed by atoms with Crippen LogP contribution in [-0.4, -0.2) is 41.0 Å². The highest BCUT2D eigenvalue weighted by Crippen LogP contribution is 2.27. The Kier molecular flexibility index (Phi) is 4.10. The molecule has 1 saturated heterocycles. The highest BCUT2D eigenvalue weighted by molar-refractivity contribution is 6.08. The molecule has 1 unspecified atom stereocenters. The molecule has 1 aromatic carbocycles. The molecule has 1 saturated carbocycles. The van der Waals surface area contributed by atoms with Crippen LogP contribution < -0.4 is 11.1 Å². The van der Waals surface area contributed by atoms with Crippen molar-refractivity contribution in [2.24, 2.45) is 0 Å². The molecule has 1 atom stereocenters. The quantitative estimate of drug-likeness (QED) is 0.851. The third kappa shape index (κ3) is 2.84. The number of benzene rings is 1. The average Bonchev–Trinajstić information content (AvgIpc) is 3.26. The largest absolute Gasteiger partial charge is 0.397 e. The number of carbonyl (C=O) groups is 1. The molecule has 126 valence electrons. The van der Waals surface area contributed by atoms with Gasteiger partial charge in [-0.1, -0.05) is 25.0 Å². The number of aromatic nitrogens is 1. The molecule has 2 aromatic rings. The summed E-state index contributed by atoms with van der Waals surface area (Å²) in [6.45, 7) is 2.07. The summed E-state index contributed by atoms with van der Waals surface area (Å²) < 4.78 is 0. The van der Waals surface area contributed by atoms with Gasteiger partial charge in [0.25, 0.3) is 5.91 Å². The molecule has 2 aliphatic rings. The van der Waals surface area contributed by atoms with Gasteiger partial charge in [-0.2, -0.15) is 0 Å². The number of para-hydroxylation sites is 1. The lowest BCUT2D eigenvalue weighted by molar-refractivity contribution is 0.0938. The molecule has 0 bridgehead atoms. The fourth-order valence-corrected chi connectivity index (χ4v) is 4.17. The SMILES string of the molecule is Nc1cccc2c(C(=O)NC3CCN(C4CCCC4)C3)ccnc12. The summed E-state index contributed by atoms with van der Waals surface area (Å²) in [6, 6.07) is 8.34. The van der Waals surface area contributed by atoms with E-state index in [1.807, 2.05) is 18.2 Å². The number of fused-ring (bicyclic) bond motifs is 1. The maximum Gasteiger partial charge on any atom is 0.252 e. The average molecular weight is 324 g/mol. The molecular formula is C19H24N4O. The number of nitrogens with zero attached hydrogens (tertiary/aromatic N) is 2. The van der Waals surface area contributed by atoms with Crippen molar-refractivity contribution in [3.8, 4) is 0 Å². The molecule has 4 rings (SSSR count). The summed E-state index contributed by atoms with van der Waals surface area (Å²) in [5, 5.41) is 4.03. The summed E-state index contributed by atoms with van der Waals surface area (Å²) in [4.78, 5) is 19.6. The van der Waals surface area contributed by atoms with Crippen molar-refractivity contribution in [3.63, 3.8) is 0 Å². The molecule has 3 N–H and O–H groups in total. The van der Waals surface area contributed by atoms with Crippen LogP contribution in [0.1, 0.15) is 42.5 Å². The van der Waals surface area contributed by atoms with Gasteiger partial charge in [0.1, 0.15) is 0 Å². The first-order valence-corrected chi connectivity index (χ1v) is 8.90. The van der Waals surface area contributed by atoms with Crippen molar-refractivity contribution >= 4 is 22.5 Å². The first kappa shape index (κ1) is 15.4. The Morgan fingerprint density at radius 1 is 1.21 bits per heavy atom. The molecule has 1 aromatic heterocycles. The third-order valence-corrected chi connectivity index (χ3v) is 5.44. The van der Waals surface area contributed by atoms with Gasteiger partial charge in [-0.25, -0.2) is 0 Å². The molecule has 0 spiro atoms. The zero-order chi connectivity index (χ0) is 16.5. The highest BCUT2D eigenvalue weighted by atomic mass is 16.1. The molecule has 1 aliphatic carbocycles. The number of nitrogens with two attached hydrogens (primary N) is 1. The van der Waals surface area contributed by atoms with Crippen molar-refractivity contribution in [3.05, 3.63) is 36.0 Å². The van der Waals surface area contributed by atoms with E-state index < -0.39 is 0 Å². The number of anilines is 1. The van der Waals surface area contributed by atoms with Gasteiger partial charge < -0.3 is 11.1 Å². The second-order valence-electron chi connectivity index (χ2n) is 6.99. The highest BCUT2D eigenvalue weighted by Gasteiger charge is 2.30. The van der Waals surface area contributed by atoms with Gasteiger partial charge in [0.05, 0.1) is 16.8 Å². The minimum absolute atomic E-state index is 0.0220. The fraction of sp³-hybridized carbons (Fsp3) is 0.474. The molecule has 2 heterocycles. The topological polar surface area (TPSA) is 71.2 Å². The summed E-state index contributed by atoms with van der Waals surface area (Å²) >= 11 is 0. The first-order chi connectivity index (χ1) is 11.7. The molecule has 5 nitrogen and oxygen atoms in total. The van der Waals surface area contributed by atoms with Crippen LogP contribution >= 0.6 is 0 Å². The van der Waals surface area contributed by atoms with Crippen LogP contribution in [-0.2, 0) is 0 Å². The summed E-state index contributed by atoms with van der Waals surface area (Å²) in [7, 11) is 0. The Labute approximate surface area is 142 Å². The minimum atomic E-state index is -0.0220. The van der Waals surface area contributed by atoms with Gasteiger partial charge in [-0.3, -0.25) is 14.7 Å². The predicted octanol–water partition coefficient (Wildman–Crippen LogP) is 2.56. The number of likely N-dealkylation sites (tertiary alicyclic amines) is 1. The lowest BCUT2D eigenvalue weighted by Crippen LogP contribution is -2.39. The standard InChI is InChI=1S/C19H24N4O/c20-17-7-3-6-15-16(8-10-21-18(15)17)19(24)22-13-9-11-23(12-13)14-4-1-2-5-14/h3,6-8,10,13-14H,1-2,4-5,9,11-12,20H2,(H,22,24). The normalized spacial score (nSPS) is 22.2. The van der Waals surface area contributed by atoms with Crippen LogP contribution in [0.3, 0.4) is 0 Å². The van der Waals surface area contributed by atoms with Crippen LogP contribution in [0.15, 0.2) is 30.5 Å². The Morgan fingerprint density at radius 2 is 2.04 bits per heavy atom. The molecule has 5 heteroatoms. The number of nitrogens with one attached hydrogen (secondary N) is 1. The number of amides is 1. The van der Waals surface area contributed by atoms with E-state index in [1.54, 1.807) is 12.3 Å². The molecular weight excluding hydrogens is 300 g/mol. The Morgan fingerprint density at radius 3 is 2.88 bits per heavy atom. The van der Waals surface area contributed by atoms with Gasteiger partial charge in [0, 0.05) is 36.8 Å². The van der Waals surface area contributed by atoms with Crippen molar-refractivity contribution in [2.45, 2.75) is 44.2 Å². The zero-order valence-electron chi connectivity index (χ0n) is 13.9. The van der Waals surface area contributed by atoms with E-state index in [0.29, 0.717) is 16.8 Å². The van der Waals surface area contributed by atoms with Crippen molar-refractivity contribution in [1.29, 1.82) is 0 Å². The van der Waals surface area contributed by atoms with Crippen LogP contribution in [0.4, 0.5) is 5.69 Å². The van der Waals surface area contributed by atoms with Crippen LogP contribution in [0.2, 0.25) is 0 Å². The first-order valence-electron chi connectivity index (χ1n) is 8.90. The molecule has 1 amide bonds. The monoisotopic (exact) mass is 324 g/mol. The molecule has 1 aliphatic heterocycles. The summed E-state index contributed by atoms with van der Waals surface area (Å²) in [5.74, 6) is -0.0220. The van der Waals surface area contributed by atoms with Gasteiger partial charge in [0.2, 0.25) is 0 Å². The maximum atomic E-state index is 12.8. The Hall–Kier alpha value is -2.14. The van der Waals surface area contributed by atoms with E-state index >= 15 is 0 Å². The lowest BCUT2D eigenvalue weighted by atomic mass is 10.1. The van der Waals surface area contributed by atoms with E-state index in [-0.39, 0.29) is 11.9 Å². The maximum absolute atomic E-state index is 12.8. The summed E-state index contributed by atoms with van der Waals surface area (Å²) in [5.41, 5.74) is 7.94. The lowest BCUT2D eigenvalue weighted by Gasteiger charge is -2.23. The van der Waals surface area contributed by atoms with Gasteiger partial charge >= 0.3 is 0 Å². The molecule has 0 radical (unpaired) electrons. The second-order valence-corrected chi connectivity index (χ2v) is 6.99. The van der Waals surface area contributed by atoms with Gasteiger partial charge in [-0.05, 0) is 31.4 Å². The van der Waals surface area contributed by atoms with Crippen molar-refractivity contribution in [2.75, 3.05) is 18.8 Å². The van der Waals surface area contributed by atoms with Crippen LogP contribution in [0.5, 0.6) is 0 Å². The van der Waals surface area contributed by atoms with E-state index in [1.165, 1.54) is 25.7 Å². The van der Waals surface area contributed by atoms with Crippen LogP contribution in [0, 0.1) is 0 Å². The summed E-state index contributed by atoms with van der Waals surface area (Å²) in [6.07, 6.45) is 8.02.